The van der Waals surface area contributed by atoms with Crippen LogP contribution >= 0.6 is 0 Å². The molecule has 0 aliphatic carbocycles. The van der Waals surface area contributed by atoms with Gasteiger partial charge in [0, 0.05) is 44.6 Å². The summed E-state index contributed by atoms with van der Waals surface area (Å²) in [6, 6.07) is 6.83. The summed E-state index contributed by atoms with van der Waals surface area (Å²) in [5, 5.41) is 3.68. The molecule has 1 saturated heterocycles. The van der Waals surface area contributed by atoms with Gasteiger partial charge in [-0.2, -0.15) is 0 Å². The zero-order chi connectivity index (χ0) is 17.4. The molecule has 1 aromatic carbocycles. The number of imidazole rings is 1. The lowest BCUT2D eigenvalue weighted by Crippen LogP contribution is -2.32. The maximum absolute atomic E-state index is 5.98. The molecule has 2 aromatic rings. The van der Waals surface area contributed by atoms with Gasteiger partial charge in [-0.05, 0) is 44.4 Å². The number of rotatable bonds is 5. The number of fused-ring (bicyclic) bond motifs is 1. The molecule has 2 aliphatic heterocycles. The van der Waals surface area contributed by atoms with Crippen molar-refractivity contribution in [1.29, 1.82) is 0 Å². The van der Waals surface area contributed by atoms with Crippen molar-refractivity contribution in [3.05, 3.63) is 47.5 Å². The van der Waals surface area contributed by atoms with Crippen molar-refractivity contribution in [2.45, 2.75) is 64.4 Å². The van der Waals surface area contributed by atoms with Crippen molar-refractivity contribution in [2.75, 3.05) is 6.61 Å². The first-order chi connectivity index (χ1) is 12.1. The van der Waals surface area contributed by atoms with Crippen LogP contribution in [-0.2, 0) is 24.2 Å². The monoisotopic (exact) mass is 341 g/mol. The van der Waals surface area contributed by atoms with Gasteiger partial charge in [-0.1, -0.05) is 12.1 Å². The first-order valence-electron chi connectivity index (χ1n) is 9.22. The summed E-state index contributed by atoms with van der Waals surface area (Å²) in [7, 11) is 0. The van der Waals surface area contributed by atoms with Crippen LogP contribution in [0.4, 0.5) is 0 Å². The van der Waals surface area contributed by atoms with Crippen LogP contribution in [0.5, 0.6) is 5.75 Å². The summed E-state index contributed by atoms with van der Waals surface area (Å²) >= 11 is 0. The van der Waals surface area contributed by atoms with Crippen molar-refractivity contribution in [2.24, 2.45) is 0 Å². The van der Waals surface area contributed by atoms with E-state index in [9.17, 15) is 0 Å². The average molecular weight is 341 g/mol. The zero-order valence-electron chi connectivity index (χ0n) is 15.3. The number of aromatic nitrogens is 2. The number of nitrogens with one attached hydrogen (secondary N) is 1. The highest BCUT2D eigenvalue weighted by Crippen LogP contribution is 2.35. The Bertz CT molecular complexity index is 753. The van der Waals surface area contributed by atoms with Crippen LogP contribution < -0.4 is 10.1 Å². The van der Waals surface area contributed by atoms with E-state index >= 15 is 0 Å². The highest BCUT2D eigenvalue weighted by molar-refractivity contribution is 5.41. The fourth-order valence-electron chi connectivity index (χ4n) is 3.92. The van der Waals surface area contributed by atoms with Gasteiger partial charge in [0.05, 0.1) is 0 Å². The predicted octanol–water partition coefficient (Wildman–Crippen LogP) is 3.24. The minimum absolute atomic E-state index is 0.0339. The molecule has 1 N–H and O–H groups in total. The molecule has 4 rings (SSSR count). The molecule has 2 aliphatic rings. The largest absolute Gasteiger partial charge is 0.487 e. The summed E-state index contributed by atoms with van der Waals surface area (Å²) < 4.78 is 14.1. The normalized spacial score (nSPS) is 24.3. The van der Waals surface area contributed by atoms with E-state index in [2.05, 4.69) is 53.8 Å². The third-order valence-corrected chi connectivity index (χ3v) is 5.13. The molecule has 0 unspecified atom stereocenters. The molecule has 5 heteroatoms. The molecule has 0 amide bonds. The van der Waals surface area contributed by atoms with Crippen LogP contribution in [0.3, 0.4) is 0 Å². The van der Waals surface area contributed by atoms with E-state index in [-0.39, 0.29) is 11.7 Å². The maximum Gasteiger partial charge on any atom is 0.139 e. The number of ether oxygens (including phenoxy) is 2. The van der Waals surface area contributed by atoms with Crippen molar-refractivity contribution in [3.8, 4) is 5.75 Å². The SMILES string of the molecule is CCn1ccnc1[C@H]1OCC[C@@H]1NCc1ccc2c(c1)CC(C)(C)O2. The van der Waals surface area contributed by atoms with Crippen LogP contribution in [-0.4, -0.2) is 27.8 Å². The van der Waals surface area contributed by atoms with Crippen molar-refractivity contribution in [3.63, 3.8) is 0 Å². The average Bonchev–Trinajstić information content (AvgIpc) is 3.28. The molecule has 0 radical (unpaired) electrons. The lowest BCUT2D eigenvalue weighted by atomic mass is 10.00. The van der Waals surface area contributed by atoms with Gasteiger partial charge in [-0.3, -0.25) is 0 Å². The fourth-order valence-corrected chi connectivity index (χ4v) is 3.92. The number of hydrogen-bond acceptors (Lipinski definition) is 4. The van der Waals surface area contributed by atoms with Crippen LogP contribution in [0.1, 0.15) is 50.2 Å². The van der Waals surface area contributed by atoms with Crippen LogP contribution in [0, 0.1) is 0 Å². The van der Waals surface area contributed by atoms with E-state index in [1.54, 1.807) is 0 Å². The van der Waals surface area contributed by atoms with Gasteiger partial charge >= 0.3 is 0 Å². The van der Waals surface area contributed by atoms with E-state index in [0.717, 1.165) is 44.1 Å². The molecule has 0 saturated carbocycles. The van der Waals surface area contributed by atoms with E-state index in [1.807, 2.05) is 12.4 Å². The smallest absolute Gasteiger partial charge is 0.139 e. The Balaban J connectivity index is 1.43. The minimum Gasteiger partial charge on any atom is -0.487 e. The predicted molar refractivity (Wildman–Crippen MR) is 96.7 cm³/mol. The second-order valence-corrected chi connectivity index (χ2v) is 7.62. The summed E-state index contributed by atoms with van der Waals surface area (Å²) in [6.07, 6.45) is 5.91. The lowest BCUT2D eigenvalue weighted by molar-refractivity contribution is 0.0886. The molecular weight excluding hydrogens is 314 g/mol. The molecule has 1 aromatic heterocycles. The molecule has 2 atom stereocenters. The van der Waals surface area contributed by atoms with Gasteiger partial charge in [0.2, 0.25) is 0 Å². The quantitative estimate of drug-likeness (QED) is 0.907. The first-order valence-corrected chi connectivity index (χ1v) is 9.22. The Morgan fingerprint density at radius 2 is 2.24 bits per heavy atom. The Hall–Kier alpha value is -1.85. The van der Waals surface area contributed by atoms with Gasteiger partial charge in [0.25, 0.3) is 0 Å². The molecule has 25 heavy (non-hydrogen) atoms. The maximum atomic E-state index is 5.98. The van der Waals surface area contributed by atoms with E-state index in [1.165, 1.54) is 11.1 Å². The molecule has 5 nitrogen and oxygen atoms in total. The fraction of sp³-hybridized carbons (Fsp3) is 0.550. The minimum atomic E-state index is -0.0873. The van der Waals surface area contributed by atoms with E-state index in [4.69, 9.17) is 9.47 Å². The highest BCUT2D eigenvalue weighted by atomic mass is 16.5. The Morgan fingerprint density at radius 3 is 3.08 bits per heavy atom. The molecule has 1 fully saturated rings. The first kappa shape index (κ1) is 16.6. The molecule has 0 bridgehead atoms. The standard InChI is InChI=1S/C20H27N3O2/c1-4-23-9-8-21-19(23)18-16(7-10-24-18)22-13-14-5-6-17-15(11-14)12-20(2,3)25-17/h5-6,8-9,11,16,18,22H,4,7,10,12-13H2,1-3H3/t16-,18-/m0/s1. The summed E-state index contributed by atoms with van der Waals surface area (Å²) in [5.41, 5.74) is 2.52. The number of benzene rings is 1. The Kier molecular flexibility index (Phi) is 4.29. The van der Waals surface area contributed by atoms with Crippen molar-refractivity contribution >= 4 is 0 Å². The second kappa shape index (κ2) is 6.46. The summed E-state index contributed by atoms with van der Waals surface area (Å²) in [4.78, 5) is 4.52. The highest BCUT2D eigenvalue weighted by Gasteiger charge is 2.33. The third kappa shape index (κ3) is 3.31. The van der Waals surface area contributed by atoms with Gasteiger partial charge in [-0.15, -0.1) is 0 Å². The Labute approximate surface area is 149 Å². The third-order valence-electron chi connectivity index (χ3n) is 5.13. The number of nitrogens with zero attached hydrogens (tertiary/aromatic N) is 2. The van der Waals surface area contributed by atoms with Gasteiger partial charge in [0.1, 0.15) is 23.3 Å². The van der Waals surface area contributed by atoms with E-state index in [0.29, 0.717) is 6.04 Å². The summed E-state index contributed by atoms with van der Waals surface area (Å²) in [5.74, 6) is 2.06. The Morgan fingerprint density at radius 1 is 1.36 bits per heavy atom. The topological polar surface area (TPSA) is 48.3 Å². The lowest BCUT2D eigenvalue weighted by Gasteiger charge is -2.20. The molecule has 3 heterocycles. The van der Waals surface area contributed by atoms with Gasteiger partial charge < -0.3 is 19.4 Å². The van der Waals surface area contributed by atoms with Gasteiger partial charge in [-0.25, -0.2) is 4.98 Å². The zero-order valence-corrected chi connectivity index (χ0v) is 15.3. The molecule has 134 valence electrons. The number of aryl methyl sites for hydroxylation is 1. The molecular formula is C20H27N3O2. The van der Waals surface area contributed by atoms with Crippen LogP contribution in [0.2, 0.25) is 0 Å². The van der Waals surface area contributed by atoms with Crippen LogP contribution in [0.25, 0.3) is 0 Å². The second-order valence-electron chi connectivity index (χ2n) is 7.62. The van der Waals surface area contributed by atoms with Crippen molar-refractivity contribution in [1.82, 2.24) is 14.9 Å². The van der Waals surface area contributed by atoms with E-state index < -0.39 is 0 Å². The summed E-state index contributed by atoms with van der Waals surface area (Å²) in [6.45, 7) is 8.96. The van der Waals surface area contributed by atoms with Crippen LogP contribution in [0.15, 0.2) is 30.6 Å². The van der Waals surface area contributed by atoms with Crippen molar-refractivity contribution < 1.29 is 9.47 Å². The number of hydrogen-bond donors (Lipinski definition) is 1. The molecule has 0 spiro atoms. The van der Waals surface area contributed by atoms with Gasteiger partial charge in [0.15, 0.2) is 0 Å².